The summed E-state index contributed by atoms with van der Waals surface area (Å²) in [6.45, 7) is 1.82. The van der Waals surface area contributed by atoms with Crippen LogP contribution in [0.25, 0.3) is 10.9 Å². The number of carbonyl (C=O) groups is 3. The van der Waals surface area contributed by atoms with Crippen LogP contribution in [0.4, 0.5) is 24.1 Å². The number of benzene rings is 2. The maximum atomic E-state index is 16.3. The molecule has 0 saturated carbocycles. The van der Waals surface area contributed by atoms with Crippen molar-refractivity contribution < 1.29 is 27.9 Å². The van der Waals surface area contributed by atoms with Gasteiger partial charge in [0.05, 0.1) is 42.0 Å². The van der Waals surface area contributed by atoms with Crippen LogP contribution in [0.3, 0.4) is 0 Å². The molecule has 12 heteroatoms. The second-order valence-electron chi connectivity index (χ2n) is 10.3. The number of urea groups is 1. The molecule has 2 aliphatic heterocycles. The van der Waals surface area contributed by atoms with Crippen LogP contribution in [0.2, 0.25) is 5.02 Å². The van der Waals surface area contributed by atoms with Crippen molar-refractivity contribution in [3.8, 4) is 0 Å². The van der Waals surface area contributed by atoms with Gasteiger partial charge in [-0.2, -0.15) is 0 Å². The van der Waals surface area contributed by atoms with Crippen LogP contribution in [0.5, 0.6) is 0 Å². The number of halogens is 3. The Labute approximate surface area is 234 Å². The maximum absolute atomic E-state index is 16.3. The van der Waals surface area contributed by atoms with Crippen molar-refractivity contribution in [2.75, 3.05) is 44.7 Å². The van der Waals surface area contributed by atoms with Crippen LogP contribution in [0.1, 0.15) is 18.4 Å². The molecule has 0 aliphatic carbocycles. The summed E-state index contributed by atoms with van der Waals surface area (Å²) in [6, 6.07) is 8.97. The first-order valence-electron chi connectivity index (χ1n) is 13.1. The monoisotopic (exact) mass is 573 g/mol. The molecule has 0 radical (unpaired) electrons. The molecule has 3 aromatic rings. The van der Waals surface area contributed by atoms with Crippen LogP contribution in [0.15, 0.2) is 48.7 Å². The largest absolute Gasteiger partial charge is 0.379 e. The molecule has 40 heavy (non-hydrogen) atoms. The molecule has 2 aromatic carbocycles. The Balaban J connectivity index is 1.38. The number of primary amides is 1. The normalized spacial score (nSPS) is 21.6. The molecule has 212 valence electrons. The molecule has 0 bridgehead atoms. The topological polar surface area (TPSA) is 110 Å². The SMILES string of the molecule is NC(=O)n1cc(NC(=O)N2C[C@@](F)(CN3CCOCC3)C[C@H]2C(=O)CCc2cccc(Cl)c2F)c2ccccc21. The molecule has 9 nitrogen and oxygen atoms in total. The van der Waals surface area contributed by atoms with Gasteiger partial charge in [0.15, 0.2) is 5.78 Å². The van der Waals surface area contributed by atoms with Crippen molar-refractivity contribution in [1.82, 2.24) is 14.4 Å². The lowest BCUT2D eigenvalue weighted by molar-refractivity contribution is -0.122. The van der Waals surface area contributed by atoms with E-state index in [1.165, 1.54) is 21.7 Å². The highest BCUT2D eigenvalue weighted by Crippen LogP contribution is 2.35. The number of hydrogen-bond acceptors (Lipinski definition) is 5. The number of nitrogens with one attached hydrogen (secondary N) is 1. The summed E-state index contributed by atoms with van der Waals surface area (Å²) in [4.78, 5) is 42.1. The second kappa shape index (κ2) is 11.5. The van der Waals surface area contributed by atoms with Gasteiger partial charge in [-0.1, -0.05) is 41.9 Å². The fourth-order valence-electron chi connectivity index (χ4n) is 5.53. The number of amides is 3. The molecular weight excluding hydrogens is 544 g/mol. The molecule has 2 atom stereocenters. The van der Waals surface area contributed by atoms with E-state index in [-0.39, 0.29) is 48.7 Å². The van der Waals surface area contributed by atoms with E-state index in [1.807, 2.05) is 4.90 Å². The van der Waals surface area contributed by atoms with Gasteiger partial charge < -0.3 is 20.7 Å². The smallest absolute Gasteiger partial charge is 0.323 e. The van der Waals surface area contributed by atoms with E-state index in [4.69, 9.17) is 22.1 Å². The Bertz CT molecular complexity index is 1440. The predicted molar refractivity (Wildman–Crippen MR) is 147 cm³/mol. The number of ether oxygens (including phenoxy) is 1. The van der Waals surface area contributed by atoms with Gasteiger partial charge >= 0.3 is 12.1 Å². The number of rotatable bonds is 7. The number of aromatic nitrogens is 1. The van der Waals surface area contributed by atoms with Crippen LogP contribution >= 0.6 is 11.6 Å². The van der Waals surface area contributed by atoms with Gasteiger partial charge in [0, 0.05) is 44.1 Å². The number of alkyl halides is 1. The van der Waals surface area contributed by atoms with Crippen molar-refractivity contribution in [2.24, 2.45) is 5.73 Å². The minimum atomic E-state index is -1.84. The summed E-state index contributed by atoms with van der Waals surface area (Å²) >= 11 is 5.88. The fraction of sp³-hybridized carbons (Fsp3) is 0.393. The van der Waals surface area contributed by atoms with E-state index < -0.39 is 29.6 Å². The summed E-state index contributed by atoms with van der Waals surface area (Å²) < 4.78 is 37.3. The molecule has 2 aliphatic rings. The number of hydrogen-bond donors (Lipinski definition) is 2. The minimum absolute atomic E-state index is 0.0461. The summed E-state index contributed by atoms with van der Waals surface area (Å²) in [7, 11) is 0. The summed E-state index contributed by atoms with van der Waals surface area (Å²) in [5.74, 6) is -0.980. The van der Waals surface area contributed by atoms with Gasteiger partial charge in [0.2, 0.25) is 0 Å². The first-order chi connectivity index (χ1) is 19.1. The average molecular weight is 574 g/mol. The molecule has 0 unspecified atom stereocenters. The molecule has 3 N–H and O–H groups in total. The van der Waals surface area contributed by atoms with Crippen molar-refractivity contribution in [2.45, 2.75) is 31.0 Å². The Morgan fingerprint density at radius 2 is 1.88 bits per heavy atom. The number of Topliss-reactive ketones (excluding diaryl/α,β-unsaturated/α-hetero) is 1. The number of ketones is 1. The van der Waals surface area contributed by atoms with Gasteiger partial charge in [0.25, 0.3) is 0 Å². The summed E-state index contributed by atoms with van der Waals surface area (Å²) in [5.41, 5.74) is 4.73. The van der Waals surface area contributed by atoms with E-state index in [1.54, 1.807) is 36.4 Å². The van der Waals surface area contributed by atoms with Gasteiger partial charge in [-0.25, -0.2) is 18.4 Å². The number of anilines is 1. The van der Waals surface area contributed by atoms with E-state index in [2.05, 4.69) is 5.32 Å². The highest BCUT2D eigenvalue weighted by molar-refractivity contribution is 6.30. The van der Waals surface area contributed by atoms with Crippen molar-refractivity contribution in [3.63, 3.8) is 0 Å². The summed E-state index contributed by atoms with van der Waals surface area (Å²) in [6.07, 6.45) is 1.18. The van der Waals surface area contributed by atoms with Crippen LogP contribution < -0.4 is 11.1 Å². The summed E-state index contributed by atoms with van der Waals surface area (Å²) in [5, 5.41) is 3.26. The Morgan fingerprint density at radius 1 is 1.12 bits per heavy atom. The van der Waals surface area contributed by atoms with E-state index in [0.29, 0.717) is 42.9 Å². The quantitative estimate of drug-likeness (QED) is 0.440. The third-order valence-electron chi connectivity index (χ3n) is 7.50. The first-order valence-corrected chi connectivity index (χ1v) is 13.5. The first kappa shape index (κ1) is 28.0. The van der Waals surface area contributed by atoms with Crippen LogP contribution in [-0.4, -0.2) is 83.3 Å². The molecule has 5 rings (SSSR count). The molecule has 2 fully saturated rings. The van der Waals surface area contributed by atoms with Crippen molar-refractivity contribution in [1.29, 1.82) is 0 Å². The van der Waals surface area contributed by atoms with Crippen molar-refractivity contribution >= 4 is 46.0 Å². The van der Waals surface area contributed by atoms with E-state index in [0.717, 1.165) is 0 Å². The molecule has 2 saturated heterocycles. The zero-order valence-electron chi connectivity index (χ0n) is 21.7. The lowest BCUT2D eigenvalue weighted by Crippen LogP contribution is -2.47. The Kier molecular flexibility index (Phi) is 8.07. The number of likely N-dealkylation sites (tertiary alicyclic amines) is 1. The van der Waals surface area contributed by atoms with Gasteiger partial charge in [0.1, 0.15) is 11.5 Å². The van der Waals surface area contributed by atoms with E-state index >= 15 is 4.39 Å². The highest BCUT2D eigenvalue weighted by Gasteiger charge is 2.50. The zero-order chi connectivity index (χ0) is 28.4. The number of nitrogens with two attached hydrogens (primary N) is 1. The van der Waals surface area contributed by atoms with E-state index in [9.17, 15) is 18.8 Å². The molecule has 1 aromatic heterocycles. The standard InChI is InChI=1S/C28H30ClF2N5O4/c29-20-6-3-4-18(25(20)30)8-9-24(37)23-14-28(31,16-34-10-12-40-13-11-34)17-36(23)27(39)33-21-15-35(26(32)38)22-7-2-1-5-19(21)22/h1-7,15,23H,8-14,16-17H2,(H2,32,38)(H,33,39)/t23-,28-/m0/s1. The molecular formula is C28H30ClF2N5O4. The van der Waals surface area contributed by atoms with Crippen molar-refractivity contribution in [3.05, 3.63) is 65.1 Å². The number of nitrogens with zero attached hydrogens (tertiary/aromatic N) is 3. The number of para-hydroxylation sites is 1. The lowest BCUT2D eigenvalue weighted by atomic mass is 9.96. The van der Waals surface area contributed by atoms with Gasteiger partial charge in [-0.05, 0) is 24.1 Å². The maximum Gasteiger partial charge on any atom is 0.323 e. The molecule has 0 spiro atoms. The minimum Gasteiger partial charge on any atom is -0.379 e. The molecule has 3 amide bonds. The van der Waals surface area contributed by atoms with Gasteiger partial charge in [-0.3, -0.25) is 14.3 Å². The number of morpholine rings is 1. The average Bonchev–Trinajstić information content (AvgIpc) is 3.48. The van der Waals surface area contributed by atoms with Crippen LogP contribution in [-0.2, 0) is 16.0 Å². The number of fused-ring (bicyclic) bond motifs is 1. The lowest BCUT2D eigenvalue weighted by Gasteiger charge is -2.32. The third kappa shape index (κ3) is 5.81. The van der Waals surface area contributed by atoms with Gasteiger partial charge in [-0.15, -0.1) is 0 Å². The number of carbonyl (C=O) groups excluding carboxylic acids is 3. The second-order valence-corrected chi connectivity index (χ2v) is 10.7. The molecule has 3 heterocycles. The zero-order valence-corrected chi connectivity index (χ0v) is 22.5. The predicted octanol–water partition coefficient (Wildman–Crippen LogP) is 4.21. The highest BCUT2D eigenvalue weighted by atomic mass is 35.5. The fourth-order valence-corrected chi connectivity index (χ4v) is 5.72. The third-order valence-corrected chi connectivity index (χ3v) is 7.79. The van der Waals surface area contributed by atoms with Crippen LogP contribution in [0, 0.1) is 5.82 Å². The number of aryl methyl sites for hydroxylation is 1. The Hall–Kier alpha value is -3.54. The Morgan fingerprint density at radius 3 is 2.62 bits per heavy atom.